The molecule has 1 fully saturated rings. The third-order valence-electron chi connectivity index (χ3n) is 1.65. The average Bonchev–Trinajstić information content (AvgIpc) is 2.03. The molecule has 2 nitrogen and oxygen atoms in total. The molecule has 1 unspecified atom stereocenters. The second-order valence-electron chi connectivity index (χ2n) is 2.51. The molecule has 0 amide bonds. The van der Waals surface area contributed by atoms with Crippen LogP contribution in [0.2, 0.25) is 0 Å². The molecule has 1 radical (unpaired) electrons. The van der Waals surface area contributed by atoms with Crippen LogP contribution in [0.15, 0.2) is 0 Å². The molecule has 1 rings (SSSR count). The highest BCUT2D eigenvalue weighted by molar-refractivity contribution is 8.00. The van der Waals surface area contributed by atoms with Crippen LogP contribution in [0.4, 0.5) is 0 Å². The van der Waals surface area contributed by atoms with Crippen molar-refractivity contribution in [1.82, 2.24) is 10.6 Å². The van der Waals surface area contributed by atoms with Gasteiger partial charge in [0.15, 0.2) is 0 Å². The lowest BCUT2D eigenvalue weighted by atomic mass is 10.3. The number of nitrogens with one attached hydrogen (secondary N) is 1. The molecule has 3 heteroatoms. The van der Waals surface area contributed by atoms with Crippen molar-refractivity contribution in [3.8, 4) is 0 Å². The second kappa shape index (κ2) is 4.99. The van der Waals surface area contributed by atoms with E-state index in [1.165, 1.54) is 12.2 Å². The average molecular weight is 159 g/mol. The van der Waals surface area contributed by atoms with Crippen LogP contribution in [0, 0.1) is 0 Å². The monoisotopic (exact) mass is 159 g/mol. The molecule has 0 aliphatic carbocycles. The van der Waals surface area contributed by atoms with E-state index in [1.807, 2.05) is 7.05 Å². The quantitative estimate of drug-likeness (QED) is 0.641. The van der Waals surface area contributed by atoms with E-state index in [-0.39, 0.29) is 0 Å². The third-order valence-corrected chi connectivity index (χ3v) is 2.93. The van der Waals surface area contributed by atoms with Crippen molar-refractivity contribution < 1.29 is 0 Å². The summed E-state index contributed by atoms with van der Waals surface area (Å²) < 4.78 is 0. The summed E-state index contributed by atoms with van der Waals surface area (Å²) in [4.78, 5) is 0. The molecular weight excluding hydrogens is 144 g/mol. The van der Waals surface area contributed by atoms with Crippen LogP contribution in [0.5, 0.6) is 0 Å². The van der Waals surface area contributed by atoms with Crippen LogP contribution >= 0.6 is 11.8 Å². The number of rotatable bonds is 3. The summed E-state index contributed by atoms with van der Waals surface area (Å²) in [6.45, 7) is 3.28. The Kier molecular flexibility index (Phi) is 4.18. The fourth-order valence-electron chi connectivity index (χ4n) is 1.05. The van der Waals surface area contributed by atoms with E-state index in [9.17, 15) is 0 Å². The van der Waals surface area contributed by atoms with Gasteiger partial charge in [-0.1, -0.05) is 0 Å². The molecule has 1 atom stereocenters. The van der Waals surface area contributed by atoms with Gasteiger partial charge in [0.2, 0.25) is 0 Å². The Hall–Kier alpha value is 0.270. The molecule has 1 N–H and O–H groups in total. The summed E-state index contributed by atoms with van der Waals surface area (Å²) >= 11 is 2.07. The van der Waals surface area contributed by atoms with Gasteiger partial charge in [-0.3, -0.25) is 0 Å². The Morgan fingerprint density at radius 3 is 3.20 bits per heavy atom. The predicted octanol–water partition coefficient (Wildman–Crippen LogP) is 0.316. The Balaban J connectivity index is 2.02. The van der Waals surface area contributed by atoms with Crippen molar-refractivity contribution in [2.45, 2.75) is 11.7 Å². The largest absolute Gasteiger partial charge is 0.320 e. The van der Waals surface area contributed by atoms with E-state index in [0.29, 0.717) is 0 Å². The Labute approximate surface area is 67.1 Å². The SMILES string of the molecule is CNCCC1C[N]CCS1. The van der Waals surface area contributed by atoms with E-state index < -0.39 is 0 Å². The molecular formula is C7H15N2S. The van der Waals surface area contributed by atoms with Crippen molar-refractivity contribution >= 4 is 11.8 Å². The summed E-state index contributed by atoms with van der Waals surface area (Å²) in [5.74, 6) is 1.23. The molecule has 0 aromatic heterocycles. The van der Waals surface area contributed by atoms with Crippen LogP contribution < -0.4 is 10.6 Å². The van der Waals surface area contributed by atoms with E-state index in [4.69, 9.17) is 0 Å². The van der Waals surface area contributed by atoms with E-state index >= 15 is 0 Å². The molecule has 0 aromatic carbocycles. The highest BCUT2D eigenvalue weighted by Gasteiger charge is 2.12. The number of hydrogen-bond donors (Lipinski definition) is 1. The van der Waals surface area contributed by atoms with E-state index in [0.717, 1.165) is 24.9 Å². The van der Waals surface area contributed by atoms with Gasteiger partial charge in [0, 0.05) is 24.1 Å². The van der Waals surface area contributed by atoms with Crippen LogP contribution in [0.3, 0.4) is 0 Å². The first kappa shape index (κ1) is 8.37. The van der Waals surface area contributed by atoms with Crippen LogP contribution in [-0.2, 0) is 0 Å². The van der Waals surface area contributed by atoms with Gasteiger partial charge in [-0.2, -0.15) is 11.8 Å². The molecule has 0 saturated carbocycles. The van der Waals surface area contributed by atoms with Crippen molar-refractivity contribution in [2.24, 2.45) is 0 Å². The molecule has 1 saturated heterocycles. The van der Waals surface area contributed by atoms with Crippen molar-refractivity contribution in [2.75, 3.05) is 32.4 Å². The Morgan fingerprint density at radius 2 is 2.60 bits per heavy atom. The first-order valence-corrected chi connectivity index (χ1v) is 4.88. The maximum atomic E-state index is 4.36. The molecule has 10 heavy (non-hydrogen) atoms. The first-order chi connectivity index (χ1) is 4.93. The minimum Gasteiger partial charge on any atom is -0.320 e. The lowest BCUT2D eigenvalue weighted by molar-refractivity contribution is 0.610. The Morgan fingerprint density at radius 1 is 1.70 bits per heavy atom. The number of hydrogen-bond acceptors (Lipinski definition) is 2. The smallest absolute Gasteiger partial charge is 0.0253 e. The molecule has 59 valence electrons. The van der Waals surface area contributed by atoms with Gasteiger partial charge in [0.05, 0.1) is 0 Å². The maximum Gasteiger partial charge on any atom is 0.0253 e. The van der Waals surface area contributed by atoms with Crippen molar-refractivity contribution in [1.29, 1.82) is 0 Å². The van der Waals surface area contributed by atoms with Gasteiger partial charge in [0.1, 0.15) is 0 Å². The lowest BCUT2D eigenvalue weighted by Gasteiger charge is -2.20. The minimum absolute atomic E-state index is 0.793. The van der Waals surface area contributed by atoms with Crippen LogP contribution in [0.25, 0.3) is 0 Å². The zero-order valence-electron chi connectivity index (χ0n) is 6.47. The molecule has 0 bridgehead atoms. The molecule has 0 spiro atoms. The molecule has 1 aliphatic rings. The fraction of sp³-hybridized carbons (Fsp3) is 1.00. The van der Waals surface area contributed by atoms with Crippen LogP contribution in [-0.4, -0.2) is 37.7 Å². The predicted molar refractivity (Wildman–Crippen MR) is 46.7 cm³/mol. The van der Waals surface area contributed by atoms with E-state index in [2.05, 4.69) is 22.4 Å². The van der Waals surface area contributed by atoms with Crippen molar-refractivity contribution in [3.05, 3.63) is 0 Å². The topological polar surface area (TPSA) is 26.1 Å². The highest BCUT2D eigenvalue weighted by atomic mass is 32.2. The maximum absolute atomic E-state index is 4.36. The number of nitrogens with zero attached hydrogens (tertiary/aromatic N) is 1. The molecule has 1 aliphatic heterocycles. The summed E-state index contributed by atoms with van der Waals surface area (Å²) in [6, 6.07) is 0. The standard InChI is InChI=1S/C7H15N2S/c1-8-3-2-7-6-9-4-5-10-7/h7-8H,2-6H2,1H3. The molecule has 1 heterocycles. The van der Waals surface area contributed by atoms with Crippen molar-refractivity contribution in [3.63, 3.8) is 0 Å². The van der Waals surface area contributed by atoms with Crippen LogP contribution in [0.1, 0.15) is 6.42 Å². The second-order valence-corrected chi connectivity index (χ2v) is 3.92. The van der Waals surface area contributed by atoms with E-state index in [1.54, 1.807) is 0 Å². The van der Waals surface area contributed by atoms with Gasteiger partial charge in [-0.15, -0.1) is 0 Å². The minimum atomic E-state index is 0.793. The van der Waals surface area contributed by atoms with Gasteiger partial charge >= 0.3 is 0 Å². The fourth-order valence-corrected chi connectivity index (χ4v) is 2.12. The van der Waals surface area contributed by atoms with Gasteiger partial charge < -0.3 is 5.32 Å². The normalized spacial score (nSPS) is 26.7. The number of thioether (sulfide) groups is 1. The highest BCUT2D eigenvalue weighted by Crippen LogP contribution is 2.16. The van der Waals surface area contributed by atoms with Gasteiger partial charge in [0.25, 0.3) is 0 Å². The first-order valence-electron chi connectivity index (χ1n) is 3.83. The third kappa shape index (κ3) is 2.90. The zero-order chi connectivity index (χ0) is 7.23. The summed E-state index contributed by atoms with van der Waals surface area (Å²) in [7, 11) is 2.00. The summed E-state index contributed by atoms with van der Waals surface area (Å²) in [5.41, 5.74) is 0. The zero-order valence-corrected chi connectivity index (χ0v) is 7.28. The van der Waals surface area contributed by atoms with Gasteiger partial charge in [-0.25, -0.2) is 5.32 Å². The summed E-state index contributed by atoms with van der Waals surface area (Å²) in [6.07, 6.45) is 1.27. The molecule has 0 aromatic rings. The summed E-state index contributed by atoms with van der Waals surface area (Å²) in [5, 5.41) is 8.32. The van der Waals surface area contributed by atoms with Gasteiger partial charge in [-0.05, 0) is 20.0 Å². The lowest BCUT2D eigenvalue weighted by Crippen LogP contribution is -2.29. The Bertz CT molecular complexity index is 81.7.